The smallest absolute Gasteiger partial charge is 0.408 e. The number of benzene rings is 2. The van der Waals surface area contributed by atoms with Gasteiger partial charge in [-0.1, -0.05) is 41.9 Å². The summed E-state index contributed by atoms with van der Waals surface area (Å²) in [5.74, 6) is -4.39. The zero-order valence-electron chi connectivity index (χ0n) is 19.3. The topological polar surface area (TPSA) is 128 Å². The molecule has 4 rings (SSSR count). The van der Waals surface area contributed by atoms with Gasteiger partial charge in [0.1, 0.15) is 16.8 Å². The highest BCUT2D eigenvalue weighted by molar-refractivity contribution is 6.32. The number of carboxylic acid groups (broad SMARTS) is 3. The number of piperazine rings is 1. The van der Waals surface area contributed by atoms with Crippen molar-refractivity contribution in [1.82, 2.24) is 9.80 Å². The maximum Gasteiger partial charge on any atom is 0.408 e. The summed E-state index contributed by atoms with van der Waals surface area (Å²) >= 11 is 5.75. The van der Waals surface area contributed by atoms with E-state index >= 15 is 0 Å². The molecule has 0 aliphatic carbocycles. The minimum atomic E-state index is -1.31. The first kappa shape index (κ1) is 26.2. The number of hydrogen-bond acceptors (Lipinski definition) is 4. The van der Waals surface area contributed by atoms with Gasteiger partial charge >= 0.3 is 18.2 Å². The average Bonchev–Trinajstić information content (AvgIpc) is 2.84. The number of aryl methyl sites for hydroxylation is 1. The van der Waals surface area contributed by atoms with Crippen LogP contribution in [0.5, 0.6) is 5.75 Å². The van der Waals surface area contributed by atoms with Gasteiger partial charge in [0.05, 0.1) is 18.7 Å². The van der Waals surface area contributed by atoms with Gasteiger partial charge in [0.2, 0.25) is 0 Å². The molecule has 0 radical (unpaired) electrons. The van der Waals surface area contributed by atoms with Gasteiger partial charge in [-0.2, -0.15) is 0 Å². The molecule has 2 aliphatic rings. The lowest BCUT2D eigenvalue weighted by molar-refractivity contribution is -0.142. The van der Waals surface area contributed by atoms with Gasteiger partial charge < -0.3 is 25.0 Å². The zero-order chi connectivity index (χ0) is 26.9. The van der Waals surface area contributed by atoms with E-state index in [1.807, 2.05) is 0 Å². The van der Waals surface area contributed by atoms with Crippen molar-refractivity contribution >= 4 is 35.3 Å². The number of ether oxygens (including phenoxy) is 1. The SMILES string of the molecule is O=C(O)C1C(c2ccc(CCCOc3c(F)ccc(F)c3Cl)cc2)=C[C@@H]2CN(C(=O)O)C[C@H]1N2C(=O)O. The fraction of sp³-hybridized carbons (Fsp3) is 0.320. The monoisotopic (exact) mass is 536 g/mol. The van der Waals surface area contributed by atoms with Crippen LogP contribution in [0.1, 0.15) is 17.5 Å². The largest absolute Gasteiger partial charge is 0.489 e. The molecule has 1 unspecified atom stereocenters. The molecule has 0 spiro atoms. The summed E-state index contributed by atoms with van der Waals surface area (Å²) in [4.78, 5) is 37.6. The van der Waals surface area contributed by atoms with Crippen LogP contribution in [0.15, 0.2) is 42.5 Å². The van der Waals surface area contributed by atoms with Gasteiger partial charge in [0, 0.05) is 13.1 Å². The molecule has 12 heteroatoms. The van der Waals surface area contributed by atoms with E-state index < -0.39 is 52.8 Å². The molecule has 0 aromatic heterocycles. The molecule has 1 saturated heterocycles. The Kier molecular flexibility index (Phi) is 7.53. The number of halogens is 3. The molecule has 37 heavy (non-hydrogen) atoms. The molecule has 3 N–H and O–H groups in total. The fourth-order valence-electron chi connectivity index (χ4n) is 4.83. The molecular formula is C25H23ClF2N2O7. The third-order valence-corrected chi connectivity index (χ3v) is 6.88. The Labute approximate surface area is 215 Å². The van der Waals surface area contributed by atoms with E-state index in [-0.39, 0.29) is 25.4 Å². The highest BCUT2D eigenvalue weighted by Gasteiger charge is 2.49. The number of fused-ring (bicyclic) bond motifs is 2. The van der Waals surface area contributed by atoms with E-state index in [0.717, 1.165) is 27.5 Å². The van der Waals surface area contributed by atoms with Gasteiger partial charge in [-0.25, -0.2) is 18.4 Å². The molecule has 9 nitrogen and oxygen atoms in total. The molecule has 3 atom stereocenters. The minimum Gasteiger partial charge on any atom is -0.489 e. The maximum absolute atomic E-state index is 13.8. The molecule has 2 aromatic rings. The second-order valence-electron chi connectivity index (χ2n) is 8.77. The van der Waals surface area contributed by atoms with Crippen LogP contribution in [-0.2, 0) is 11.2 Å². The Morgan fingerprint density at radius 1 is 0.973 bits per heavy atom. The number of hydrogen-bond donors (Lipinski definition) is 3. The summed E-state index contributed by atoms with van der Waals surface area (Å²) in [5, 5.41) is 28.6. The molecular weight excluding hydrogens is 514 g/mol. The molecule has 2 heterocycles. The van der Waals surface area contributed by atoms with E-state index in [9.17, 15) is 38.5 Å². The Bertz CT molecular complexity index is 1250. The van der Waals surface area contributed by atoms with E-state index in [4.69, 9.17) is 16.3 Å². The minimum absolute atomic E-state index is 0.0859. The molecule has 0 saturated carbocycles. The van der Waals surface area contributed by atoms with Crippen molar-refractivity contribution in [1.29, 1.82) is 0 Å². The number of carbonyl (C=O) groups is 3. The van der Waals surface area contributed by atoms with Crippen LogP contribution >= 0.6 is 11.6 Å². The van der Waals surface area contributed by atoms with Crippen molar-refractivity contribution in [2.75, 3.05) is 19.7 Å². The van der Waals surface area contributed by atoms with Crippen molar-refractivity contribution in [3.8, 4) is 5.75 Å². The Morgan fingerprint density at radius 2 is 1.65 bits per heavy atom. The fourth-order valence-corrected chi connectivity index (χ4v) is 5.04. The van der Waals surface area contributed by atoms with Gasteiger partial charge in [-0.15, -0.1) is 0 Å². The predicted molar refractivity (Wildman–Crippen MR) is 128 cm³/mol. The molecule has 2 aliphatic heterocycles. The highest BCUT2D eigenvalue weighted by Crippen LogP contribution is 2.38. The number of rotatable bonds is 7. The van der Waals surface area contributed by atoms with Crippen molar-refractivity contribution in [3.63, 3.8) is 0 Å². The average molecular weight is 537 g/mol. The first-order valence-corrected chi connectivity index (χ1v) is 11.8. The Morgan fingerprint density at radius 3 is 2.27 bits per heavy atom. The third kappa shape index (κ3) is 5.31. The van der Waals surface area contributed by atoms with Gasteiger partial charge in [0.25, 0.3) is 0 Å². The van der Waals surface area contributed by atoms with Crippen molar-refractivity contribution < 1.29 is 43.2 Å². The summed E-state index contributed by atoms with van der Waals surface area (Å²) in [6.45, 7) is -0.259. The molecule has 2 aromatic carbocycles. The summed E-state index contributed by atoms with van der Waals surface area (Å²) < 4.78 is 32.6. The number of amides is 2. The van der Waals surface area contributed by atoms with Gasteiger partial charge in [0.15, 0.2) is 11.6 Å². The van der Waals surface area contributed by atoms with Crippen molar-refractivity contribution in [2.45, 2.75) is 24.9 Å². The maximum atomic E-state index is 13.8. The standard InChI is InChI=1S/C25H23ClF2N2O7/c26-21-17(27)7-8-18(28)22(21)37-9-1-2-13-3-5-14(6-4-13)16-10-15-11-29(24(33)34)12-19(20(16)23(31)32)30(15)25(35)36/h3-8,10,15,19-20H,1-2,9,11-12H2,(H,31,32)(H,33,34)(H,35,36)/t15-,19-,20?/m1/s1. The second kappa shape index (κ2) is 10.6. The Balaban J connectivity index is 1.48. The van der Waals surface area contributed by atoms with Crippen LogP contribution < -0.4 is 4.74 Å². The summed E-state index contributed by atoms with van der Waals surface area (Å²) in [6.07, 6.45) is -0.0368. The quantitative estimate of drug-likeness (QED) is 0.352. The van der Waals surface area contributed by atoms with Crippen LogP contribution in [0, 0.1) is 17.6 Å². The lowest BCUT2D eigenvalue weighted by atomic mass is 9.78. The van der Waals surface area contributed by atoms with E-state index in [0.29, 0.717) is 24.0 Å². The number of carboxylic acids is 1. The van der Waals surface area contributed by atoms with Crippen LogP contribution in [0.25, 0.3) is 5.57 Å². The first-order valence-electron chi connectivity index (χ1n) is 11.4. The molecule has 196 valence electrons. The summed E-state index contributed by atoms with van der Waals surface area (Å²) in [6, 6.07) is 6.98. The van der Waals surface area contributed by atoms with Crippen LogP contribution in [-0.4, -0.2) is 75.1 Å². The first-order chi connectivity index (χ1) is 17.6. The lowest BCUT2D eigenvalue weighted by Crippen LogP contribution is -2.65. The normalized spacial score (nSPS) is 20.8. The second-order valence-corrected chi connectivity index (χ2v) is 9.15. The molecule has 1 fully saturated rings. The van der Waals surface area contributed by atoms with Crippen molar-refractivity contribution in [2.24, 2.45) is 5.92 Å². The lowest BCUT2D eigenvalue weighted by Gasteiger charge is -2.49. The third-order valence-electron chi connectivity index (χ3n) is 6.52. The van der Waals surface area contributed by atoms with E-state index in [2.05, 4.69) is 0 Å². The zero-order valence-corrected chi connectivity index (χ0v) is 20.1. The van der Waals surface area contributed by atoms with E-state index in [1.54, 1.807) is 24.3 Å². The molecule has 2 bridgehead atoms. The summed E-state index contributed by atoms with van der Waals surface area (Å²) in [5.41, 5.74) is 1.90. The van der Waals surface area contributed by atoms with Gasteiger partial charge in [-0.3, -0.25) is 9.69 Å². The summed E-state index contributed by atoms with van der Waals surface area (Å²) in [7, 11) is 0. The number of aliphatic carboxylic acids is 1. The Hall–Kier alpha value is -3.86. The van der Waals surface area contributed by atoms with Crippen LogP contribution in [0.2, 0.25) is 5.02 Å². The predicted octanol–water partition coefficient (Wildman–Crippen LogP) is 4.44. The van der Waals surface area contributed by atoms with Crippen molar-refractivity contribution in [3.05, 3.63) is 70.3 Å². The van der Waals surface area contributed by atoms with Crippen LogP contribution in [0.3, 0.4) is 0 Å². The van der Waals surface area contributed by atoms with E-state index in [1.165, 1.54) is 6.08 Å². The van der Waals surface area contributed by atoms with Gasteiger partial charge in [-0.05, 0) is 41.7 Å². The number of nitrogens with zero attached hydrogens (tertiary/aromatic N) is 2. The molecule has 2 amide bonds. The van der Waals surface area contributed by atoms with Crippen LogP contribution in [0.4, 0.5) is 18.4 Å². The highest BCUT2D eigenvalue weighted by atomic mass is 35.5.